The van der Waals surface area contributed by atoms with E-state index in [0.717, 1.165) is 42.6 Å². The van der Waals surface area contributed by atoms with E-state index in [-0.39, 0.29) is 11.8 Å². The van der Waals surface area contributed by atoms with E-state index >= 15 is 0 Å². The van der Waals surface area contributed by atoms with Gasteiger partial charge in [-0.25, -0.2) is 0 Å². The third-order valence-electron chi connectivity index (χ3n) is 4.44. The highest BCUT2D eigenvalue weighted by Crippen LogP contribution is 2.26. The van der Waals surface area contributed by atoms with Crippen LogP contribution in [0, 0.1) is 5.41 Å². The van der Waals surface area contributed by atoms with Crippen molar-refractivity contribution in [3.8, 4) is 0 Å². The van der Waals surface area contributed by atoms with Crippen molar-refractivity contribution in [2.45, 2.75) is 47.0 Å². The van der Waals surface area contributed by atoms with E-state index in [4.69, 9.17) is 0 Å². The summed E-state index contributed by atoms with van der Waals surface area (Å²) in [6.45, 7) is 8.93. The standard InChI is InChI=1S/C20H33N3O2/c1-7-15-11-9-12-16(8-2)17(15)22-19(25)20(3,4)18(24)21-13-10-14-23(5)6/h9,11-12H,7-8,10,13-14H2,1-6H3,(H,21,24)(H,22,25). The summed E-state index contributed by atoms with van der Waals surface area (Å²) in [6.07, 6.45) is 2.52. The zero-order chi connectivity index (χ0) is 19.0. The van der Waals surface area contributed by atoms with Crippen LogP contribution in [0.4, 0.5) is 5.69 Å². The first kappa shape index (κ1) is 21.2. The van der Waals surface area contributed by atoms with Crippen molar-refractivity contribution in [1.29, 1.82) is 0 Å². The van der Waals surface area contributed by atoms with Crippen molar-refractivity contribution in [3.05, 3.63) is 29.3 Å². The summed E-state index contributed by atoms with van der Waals surface area (Å²) in [5.41, 5.74) is 1.92. The van der Waals surface area contributed by atoms with Gasteiger partial charge < -0.3 is 15.5 Å². The van der Waals surface area contributed by atoms with Crippen LogP contribution in [0.2, 0.25) is 0 Å². The van der Waals surface area contributed by atoms with Gasteiger partial charge in [-0.05, 0) is 64.9 Å². The topological polar surface area (TPSA) is 61.4 Å². The SMILES string of the molecule is CCc1cccc(CC)c1NC(=O)C(C)(C)C(=O)NCCCN(C)C. The maximum atomic E-state index is 12.8. The van der Waals surface area contributed by atoms with Gasteiger partial charge >= 0.3 is 0 Å². The molecule has 0 spiro atoms. The van der Waals surface area contributed by atoms with Gasteiger partial charge in [-0.3, -0.25) is 9.59 Å². The second-order valence-corrected chi connectivity index (χ2v) is 7.15. The fraction of sp³-hybridized carbons (Fsp3) is 0.600. The van der Waals surface area contributed by atoms with Crippen LogP contribution in [0.1, 0.15) is 45.2 Å². The molecule has 5 nitrogen and oxygen atoms in total. The van der Waals surface area contributed by atoms with Crippen LogP contribution in [0.5, 0.6) is 0 Å². The highest BCUT2D eigenvalue weighted by Gasteiger charge is 2.36. The molecule has 0 aliphatic carbocycles. The molecule has 0 radical (unpaired) electrons. The van der Waals surface area contributed by atoms with E-state index in [1.54, 1.807) is 13.8 Å². The lowest BCUT2D eigenvalue weighted by Gasteiger charge is -2.24. The molecule has 0 unspecified atom stereocenters. The number of hydrogen-bond acceptors (Lipinski definition) is 3. The number of hydrogen-bond donors (Lipinski definition) is 2. The van der Waals surface area contributed by atoms with Crippen molar-refractivity contribution >= 4 is 17.5 Å². The molecule has 0 saturated carbocycles. The number of amides is 2. The lowest BCUT2D eigenvalue weighted by Crippen LogP contribution is -2.45. The second kappa shape index (κ2) is 9.56. The van der Waals surface area contributed by atoms with Gasteiger partial charge in [-0.1, -0.05) is 32.0 Å². The summed E-state index contributed by atoms with van der Waals surface area (Å²) in [4.78, 5) is 27.3. The minimum atomic E-state index is -1.12. The predicted octanol–water partition coefficient (Wildman–Crippen LogP) is 2.84. The predicted molar refractivity (Wildman–Crippen MR) is 104 cm³/mol. The summed E-state index contributed by atoms with van der Waals surface area (Å²) in [6, 6.07) is 6.04. The lowest BCUT2D eigenvalue weighted by atomic mass is 9.90. The average molecular weight is 348 g/mol. The van der Waals surface area contributed by atoms with Crippen LogP contribution in [-0.4, -0.2) is 43.9 Å². The molecule has 0 atom stereocenters. The number of nitrogens with zero attached hydrogens (tertiary/aromatic N) is 1. The van der Waals surface area contributed by atoms with Crippen molar-refractivity contribution in [2.75, 3.05) is 32.5 Å². The Morgan fingerprint density at radius 1 is 1.04 bits per heavy atom. The summed E-state index contributed by atoms with van der Waals surface area (Å²) in [7, 11) is 3.99. The summed E-state index contributed by atoms with van der Waals surface area (Å²) in [5, 5.41) is 5.88. The molecular weight excluding hydrogens is 314 g/mol. The minimum Gasteiger partial charge on any atom is -0.355 e. The number of anilines is 1. The molecule has 1 aromatic carbocycles. The van der Waals surface area contributed by atoms with Gasteiger partial charge in [-0.15, -0.1) is 0 Å². The van der Waals surface area contributed by atoms with E-state index in [1.807, 2.05) is 32.3 Å². The monoisotopic (exact) mass is 347 g/mol. The van der Waals surface area contributed by atoms with Crippen LogP contribution in [0.25, 0.3) is 0 Å². The van der Waals surface area contributed by atoms with Crippen molar-refractivity contribution in [3.63, 3.8) is 0 Å². The normalized spacial score (nSPS) is 11.5. The van der Waals surface area contributed by atoms with E-state index in [2.05, 4.69) is 29.4 Å². The Balaban J connectivity index is 2.79. The highest BCUT2D eigenvalue weighted by atomic mass is 16.2. The first-order valence-electron chi connectivity index (χ1n) is 9.09. The van der Waals surface area contributed by atoms with Gasteiger partial charge in [0.15, 0.2) is 0 Å². The molecule has 2 N–H and O–H groups in total. The van der Waals surface area contributed by atoms with Gasteiger partial charge in [0.1, 0.15) is 5.41 Å². The molecule has 5 heteroatoms. The molecule has 0 aliphatic heterocycles. The first-order chi connectivity index (χ1) is 11.7. The second-order valence-electron chi connectivity index (χ2n) is 7.15. The average Bonchev–Trinajstić information content (AvgIpc) is 2.58. The molecule has 2 amide bonds. The molecule has 25 heavy (non-hydrogen) atoms. The summed E-state index contributed by atoms with van der Waals surface area (Å²) >= 11 is 0. The van der Waals surface area contributed by atoms with E-state index < -0.39 is 5.41 Å². The maximum Gasteiger partial charge on any atom is 0.239 e. The molecular formula is C20H33N3O2. The third kappa shape index (κ3) is 5.85. The number of benzene rings is 1. The van der Waals surface area contributed by atoms with Crippen LogP contribution < -0.4 is 10.6 Å². The zero-order valence-electron chi connectivity index (χ0n) is 16.5. The molecule has 0 bridgehead atoms. The highest BCUT2D eigenvalue weighted by molar-refractivity contribution is 6.10. The molecule has 0 fully saturated rings. The van der Waals surface area contributed by atoms with Gasteiger partial charge in [0, 0.05) is 12.2 Å². The lowest BCUT2D eigenvalue weighted by molar-refractivity contribution is -0.138. The summed E-state index contributed by atoms with van der Waals surface area (Å²) < 4.78 is 0. The molecule has 0 aliphatic rings. The Hall–Kier alpha value is -1.88. The van der Waals surface area contributed by atoms with Crippen molar-refractivity contribution in [2.24, 2.45) is 5.41 Å². The van der Waals surface area contributed by atoms with Crippen LogP contribution in [0.3, 0.4) is 0 Å². The minimum absolute atomic E-state index is 0.240. The largest absolute Gasteiger partial charge is 0.355 e. The molecule has 1 rings (SSSR count). The molecule has 140 valence electrons. The van der Waals surface area contributed by atoms with Crippen LogP contribution >= 0.6 is 0 Å². The smallest absolute Gasteiger partial charge is 0.239 e. The molecule has 1 aromatic rings. The molecule has 0 aromatic heterocycles. The van der Waals surface area contributed by atoms with Crippen LogP contribution in [-0.2, 0) is 22.4 Å². The molecule has 0 heterocycles. The quantitative estimate of drug-likeness (QED) is 0.533. The van der Waals surface area contributed by atoms with Crippen molar-refractivity contribution in [1.82, 2.24) is 10.2 Å². The zero-order valence-corrected chi connectivity index (χ0v) is 16.5. The Morgan fingerprint density at radius 3 is 2.08 bits per heavy atom. The Bertz CT molecular complexity index is 572. The number of aryl methyl sites for hydroxylation is 2. The third-order valence-corrected chi connectivity index (χ3v) is 4.44. The number of carbonyl (C=O) groups is 2. The van der Waals surface area contributed by atoms with Gasteiger partial charge in [0.25, 0.3) is 0 Å². The van der Waals surface area contributed by atoms with Crippen LogP contribution in [0.15, 0.2) is 18.2 Å². The maximum absolute atomic E-state index is 12.8. The number of carbonyl (C=O) groups excluding carboxylic acids is 2. The Kier molecular flexibility index (Phi) is 8.10. The fourth-order valence-electron chi connectivity index (χ4n) is 2.59. The number of para-hydroxylation sites is 1. The van der Waals surface area contributed by atoms with Gasteiger partial charge in [0.2, 0.25) is 11.8 Å². The molecule has 0 saturated heterocycles. The Morgan fingerprint density at radius 2 is 1.60 bits per heavy atom. The van der Waals surface area contributed by atoms with E-state index in [1.165, 1.54) is 0 Å². The Labute approximate surface area is 152 Å². The van der Waals surface area contributed by atoms with E-state index in [9.17, 15) is 9.59 Å². The van der Waals surface area contributed by atoms with Crippen molar-refractivity contribution < 1.29 is 9.59 Å². The van der Waals surface area contributed by atoms with Gasteiger partial charge in [-0.2, -0.15) is 0 Å². The summed E-state index contributed by atoms with van der Waals surface area (Å²) in [5.74, 6) is -0.510. The van der Waals surface area contributed by atoms with Gasteiger partial charge in [0.05, 0.1) is 0 Å². The van der Waals surface area contributed by atoms with E-state index in [0.29, 0.717) is 6.54 Å². The number of nitrogens with one attached hydrogen (secondary N) is 2. The first-order valence-corrected chi connectivity index (χ1v) is 9.09. The number of rotatable bonds is 9. The fourth-order valence-corrected chi connectivity index (χ4v) is 2.59.